The Morgan fingerprint density at radius 2 is 1.74 bits per heavy atom. The minimum atomic E-state index is -0.495. The van der Waals surface area contributed by atoms with E-state index in [2.05, 4.69) is 24.1 Å². The third kappa shape index (κ3) is 3.11. The molecule has 1 fully saturated rings. The Morgan fingerprint density at radius 3 is 2.16 bits per heavy atom. The van der Waals surface area contributed by atoms with E-state index in [1.165, 1.54) is 12.1 Å². The number of nitrogens with one attached hydrogen (secondary N) is 1. The fourth-order valence-electron chi connectivity index (χ4n) is 2.47. The highest BCUT2D eigenvalue weighted by atomic mass is 35.5. The highest BCUT2D eigenvalue weighted by molar-refractivity contribution is 6.39. The maximum atomic E-state index is 10.8. The topological polar surface area (TPSA) is 58.4 Å². The van der Waals surface area contributed by atoms with Crippen LogP contribution < -0.4 is 10.2 Å². The molecule has 0 spiro atoms. The first-order valence-electron chi connectivity index (χ1n) is 6.03. The van der Waals surface area contributed by atoms with E-state index in [0.29, 0.717) is 27.8 Å². The summed E-state index contributed by atoms with van der Waals surface area (Å²) in [6.45, 7) is 5.69. The third-order valence-corrected chi connectivity index (χ3v) is 3.66. The molecule has 7 heteroatoms. The van der Waals surface area contributed by atoms with Crippen molar-refractivity contribution < 1.29 is 4.92 Å². The van der Waals surface area contributed by atoms with Crippen LogP contribution in [0.5, 0.6) is 0 Å². The standard InChI is InChI=1S/C12H15Cl2N3O2/c1-7-5-16(6-8(2)15-7)12-10(13)3-9(17(18)19)4-11(12)14/h3-4,7-8,15H,5-6H2,1-2H3. The molecule has 2 atom stereocenters. The number of rotatable bonds is 2. The summed E-state index contributed by atoms with van der Waals surface area (Å²) < 4.78 is 0. The van der Waals surface area contributed by atoms with Crippen molar-refractivity contribution in [2.45, 2.75) is 25.9 Å². The number of non-ortho nitro benzene ring substituents is 1. The Kier molecular flexibility index (Phi) is 4.18. The zero-order valence-electron chi connectivity index (χ0n) is 10.7. The number of benzene rings is 1. The van der Waals surface area contributed by atoms with E-state index in [1.54, 1.807) is 0 Å². The summed E-state index contributed by atoms with van der Waals surface area (Å²) in [5, 5.41) is 14.8. The van der Waals surface area contributed by atoms with Gasteiger partial charge in [0, 0.05) is 37.3 Å². The number of hydrogen-bond donors (Lipinski definition) is 1. The lowest BCUT2D eigenvalue weighted by Gasteiger charge is -2.38. The molecule has 0 saturated carbocycles. The second kappa shape index (κ2) is 5.53. The van der Waals surface area contributed by atoms with Crippen LogP contribution in [0.15, 0.2) is 12.1 Å². The Bertz CT molecular complexity index is 477. The van der Waals surface area contributed by atoms with Gasteiger partial charge in [-0.1, -0.05) is 23.2 Å². The first-order chi connectivity index (χ1) is 8.88. The lowest BCUT2D eigenvalue weighted by atomic mass is 10.1. The van der Waals surface area contributed by atoms with Crippen molar-refractivity contribution in [3.63, 3.8) is 0 Å². The number of anilines is 1. The van der Waals surface area contributed by atoms with Crippen LogP contribution in [0.4, 0.5) is 11.4 Å². The summed E-state index contributed by atoms with van der Waals surface area (Å²) >= 11 is 12.3. The molecule has 1 aliphatic rings. The van der Waals surface area contributed by atoms with Gasteiger partial charge in [-0.25, -0.2) is 0 Å². The fraction of sp³-hybridized carbons (Fsp3) is 0.500. The number of halogens is 2. The normalized spacial score (nSPS) is 23.5. The van der Waals surface area contributed by atoms with E-state index in [-0.39, 0.29) is 5.69 Å². The van der Waals surface area contributed by atoms with Gasteiger partial charge in [-0.2, -0.15) is 0 Å². The van der Waals surface area contributed by atoms with Gasteiger partial charge >= 0.3 is 0 Å². The van der Waals surface area contributed by atoms with Gasteiger partial charge in [0.25, 0.3) is 5.69 Å². The van der Waals surface area contributed by atoms with Gasteiger partial charge < -0.3 is 10.2 Å². The predicted molar refractivity (Wildman–Crippen MR) is 77.4 cm³/mol. The Balaban J connectivity index is 2.37. The van der Waals surface area contributed by atoms with Gasteiger partial charge in [-0.3, -0.25) is 10.1 Å². The zero-order valence-corrected chi connectivity index (χ0v) is 12.2. The molecule has 0 radical (unpaired) electrons. The van der Waals surface area contributed by atoms with E-state index in [0.717, 1.165) is 13.1 Å². The monoisotopic (exact) mass is 303 g/mol. The van der Waals surface area contributed by atoms with Crippen LogP contribution in [0.25, 0.3) is 0 Å². The molecule has 2 unspecified atom stereocenters. The van der Waals surface area contributed by atoms with Gasteiger partial charge in [0.15, 0.2) is 0 Å². The first kappa shape index (κ1) is 14.4. The first-order valence-corrected chi connectivity index (χ1v) is 6.78. The van der Waals surface area contributed by atoms with Gasteiger partial charge in [0.1, 0.15) is 0 Å². The predicted octanol–water partition coefficient (Wildman–Crippen LogP) is 3.09. The fourth-order valence-corrected chi connectivity index (χ4v) is 3.18. The van der Waals surface area contributed by atoms with E-state index >= 15 is 0 Å². The van der Waals surface area contributed by atoms with E-state index < -0.39 is 4.92 Å². The number of nitro benzene ring substituents is 1. The molecule has 0 bridgehead atoms. The van der Waals surface area contributed by atoms with Gasteiger partial charge in [-0.15, -0.1) is 0 Å². The van der Waals surface area contributed by atoms with Gasteiger partial charge in [0.2, 0.25) is 0 Å². The zero-order chi connectivity index (χ0) is 14.2. The third-order valence-electron chi connectivity index (χ3n) is 3.09. The maximum Gasteiger partial charge on any atom is 0.272 e. The van der Waals surface area contributed by atoms with E-state index in [4.69, 9.17) is 23.2 Å². The van der Waals surface area contributed by atoms with Crippen LogP contribution in [-0.2, 0) is 0 Å². The molecule has 0 aromatic heterocycles. The van der Waals surface area contributed by atoms with Crippen molar-refractivity contribution in [2.75, 3.05) is 18.0 Å². The van der Waals surface area contributed by atoms with Crippen molar-refractivity contribution >= 4 is 34.6 Å². The molecule has 2 rings (SSSR count). The average molecular weight is 304 g/mol. The summed E-state index contributed by atoms with van der Waals surface area (Å²) in [6.07, 6.45) is 0. The Labute approximate surface area is 121 Å². The molecular formula is C12H15Cl2N3O2. The maximum absolute atomic E-state index is 10.8. The molecule has 5 nitrogen and oxygen atoms in total. The average Bonchev–Trinajstić information content (AvgIpc) is 2.26. The summed E-state index contributed by atoms with van der Waals surface area (Å²) in [4.78, 5) is 12.3. The van der Waals surface area contributed by atoms with Crippen molar-refractivity contribution in [2.24, 2.45) is 0 Å². The van der Waals surface area contributed by atoms with Crippen LogP contribution in [0, 0.1) is 10.1 Å². The second-order valence-corrected chi connectivity index (χ2v) is 5.70. The molecule has 0 aliphatic carbocycles. The van der Waals surface area contributed by atoms with Crippen molar-refractivity contribution in [1.29, 1.82) is 0 Å². The summed E-state index contributed by atoms with van der Waals surface area (Å²) in [5.74, 6) is 0. The lowest BCUT2D eigenvalue weighted by Crippen LogP contribution is -2.54. The minimum Gasteiger partial charge on any atom is -0.366 e. The number of nitrogens with zero attached hydrogens (tertiary/aromatic N) is 2. The van der Waals surface area contributed by atoms with Crippen molar-refractivity contribution in [3.8, 4) is 0 Å². The molecule has 0 amide bonds. The number of hydrogen-bond acceptors (Lipinski definition) is 4. The van der Waals surface area contributed by atoms with Crippen molar-refractivity contribution in [1.82, 2.24) is 5.32 Å². The largest absolute Gasteiger partial charge is 0.366 e. The van der Waals surface area contributed by atoms with Crippen LogP contribution >= 0.6 is 23.2 Å². The molecule has 1 N–H and O–H groups in total. The second-order valence-electron chi connectivity index (χ2n) is 4.89. The van der Waals surface area contributed by atoms with Crippen LogP contribution in [-0.4, -0.2) is 30.1 Å². The number of piperazine rings is 1. The number of nitro groups is 1. The van der Waals surface area contributed by atoms with Gasteiger partial charge in [-0.05, 0) is 13.8 Å². The highest BCUT2D eigenvalue weighted by Crippen LogP contribution is 2.38. The summed E-state index contributed by atoms with van der Waals surface area (Å²) in [5.41, 5.74) is 0.587. The minimum absolute atomic E-state index is 0.0880. The summed E-state index contributed by atoms with van der Waals surface area (Å²) in [6, 6.07) is 3.32. The van der Waals surface area contributed by atoms with Crippen LogP contribution in [0.2, 0.25) is 10.0 Å². The van der Waals surface area contributed by atoms with Gasteiger partial charge in [0.05, 0.1) is 20.7 Å². The molecule has 19 heavy (non-hydrogen) atoms. The smallest absolute Gasteiger partial charge is 0.272 e. The molecule has 1 aromatic carbocycles. The quantitative estimate of drug-likeness (QED) is 0.674. The Morgan fingerprint density at radius 1 is 1.26 bits per heavy atom. The van der Waals surface area contributed by atoms with Crippen molar-refractivity contribution in [3.05, 3.63) is 32.3 Å². The van der Waals surface area contributed by atoms with E-state index in [9.17, 15) is 10.1 Å². The molecule has 1 aliphatic heterocycles. The molecule has 104 valence electrons. The van der Waals surface area contributed by atoms with Crippen LogP contribution in [0.3, 0.4) is 0 Å². The SMILES string of the molecule is CC1CN(c2c(Cl)cc([N+](=O)[O-])cc2Cl)CC(C)N1. The lowest BCUT2D eigenvalue weighted by molar-refractivity contribution is -0.384. The highest BCUT2D eigenvalue weighted by Gasteiger charge is 2.25. The molecule has 1 saturated heterocycles. The molecular weight excluding hydrogens is 289 g/mol. The summed E-state index contributed by atoms with van der Waals surface area (Å²) in [7, 11) is 0. The Hall–Kier alpha value is -1.04. The molecule has 1 heterocycles. The van der Waals surface area contributed by atoms with E-state index in [1.807, 2.05) is 0 Å². The van der Waals surface area contributed by atoms with Crippen LogP contribution in [0.1, 0.15) is 13.8 Å². The molecule has 1 aromatic rings.